The minimum absolute atomic E-state index is 0.246. The Morgan fingerprint density at radius 2 is 2.00 bits per heavy atom. The Morgan fingerprint density at radius 1 is 1.29 bits per heavy atom. The number of anilines is 1. The first-order valence-corrected chi connectivity index (χ1v) is 6.01. The standard InChI is InChI=1S/C13H20N2O2/c1-13(2,3)17-11-8-15-12(14-4)7-10(11)16-9-5-6-9/h7-9H,5-6H2,1-4H3,(H,14,15). The number of rotatable bonds is 4. The first-order chi connectivity index (χ1) is 7.98. The second-order valence-corrected chi connectivity index (χ2v) is 5.30. The van der Waals surface area contributed by atoms with Gasteiger partial charge in [0.05, 0.1) is 12.3 Å². The highest BCUT2D eigenvalue weighted by Crippen LogP contribution is 2.36. The van der Waals surface area contributed by atoms with Gasteiger partial charge in [0.1, 0.15) is 11.4 Å². The molecular formula is C13H20N2O2. The smallest absolute Gasteiger partial charge is 0.180 e. The molecule has 4 nitrogen and oxygen atoms in total. The normalized spacial score (nSPS) is 15.5. The van der Waals surface area contributed by atoms with Gasteiger partial charge in [-0.1, -0.05) is 0 Å². The van der Waals surface area contributed by atoms with E-state index in [2.05, 4.69) is 10.3 Å². The van der Waals surface area contributed by atoms with E-state index in [1.54, 1.807) is 6.20 Å². The third-order valence-corrected chi connectivity index (χ3v) is 2.32. The molecule has 0 spiro atoms. The van der Waals surface area contributed by atoms with E-state index in [0.29, 0.717) is 11.9 Å². The van der Waals surface area contributed by atoms with Gasteiger partial charge in [0.15, 0.2) is 11.5 Å². The van der Waals surface area contributed by atoms with Gasteiger partial charge in [-0.2, -0.15) is 0 Å². The molecular weight excluding hydrogens is 216 g/mol. The number of ether oxygens (including phenoxy) is 2. The second-order valence-electron chi connectivity index (χ2n) is 5.30. The lowest BCUT2D eigenvalue weighted by Gasteiger charge is -2.23. The first-order valence-electron chi connectivity index (χ1n) is 6.01. The molecule has 1 aliphatic carbocycles. The lowest BCUT2D eigenvalue weighted by molar-refractivity contribution is 0.122. The summed E-state index contributed by atoms with van der Waals surface area (Å²) < 4.78 is 11.7. The van der Waals surface area contributed by atoms with E-state index in [-0.39, 0.29) is 5.60 Å². The highest BCUT2D eigenvalue weighted by Gasteiger charge is 2.26. The molecule has 0 amide bonds. The molecule has 0 aliphatic heterocycles. The average Bonchev–Trinajstić information content (AvgIpc) is 3.02. The number of nitrogens with one attached hydrogen (secondary N) is 1. The van der Waals surface area contributed by atoms with Crippen molar-refractivity contribution in [3.8, 4) is 11.5 Å². The summed E-state index contributed by atoms with van der Waals surface area (Å²) in [7, 11) is 1.84. The Kier molecular flexibility index (Phi) is 3.13. The quantitative estimate of drug-likeness (QED) is 0.873. The van der Waals surface area contributed by atoms with Crippen LogP contribution in [0.4, 0.5) is 5.82 Å². The predicted octanol–water partition coefficient (Wildman–Crippen LogP) is 2.84. The van der Waals surface area contributed by atoms with E-state index < -0.39 is 0 Å². The minimum atomic E-state index is -0.246. The van der Waals surface area contributed by atoms with Crippen LogP contribution in [0.25, 0.3) is 0 Å². The fraction of sp³-hybridized carbons (Fsp3) is 0.615. The van der Waals surface area contributed by atoms with Crippen LogP contribution in [0.15, 0.2) is 12.3 Å². The number of nitrogens with zero attached hydrogens (tertiary/aromatic N) is 1. The molecule has 0 aromatic carbocycles. The SMILES string of the molecule is CNc1cc(OC2CC2)c(OC(C)(C)C)cn1. The average molecular weight is 236 g/mol. The fourth-order valence-corrected chi connectivity index (χ4v) is 1.43. The summed E-state index contributed by atoms with van der Waals surface area (Å²) in [6.45, 7) is 6.04. The molecule has 94 valence electrons. The largest absolute Gasteiger partial charge is 0.486 e. The molecule has 0 saturated heterocycles. The summed E-state index contributed by atoms with van der Waals surface area (Å²) in [5.74, 6) is 2.28. The molecule has 17 heavy (non-hydrogen) atoms. The molecule has 4 heteroatoms. The van der Waals surface area contributed by atoms with Crippen LogP contribution < -0.4 is 14.8 Å². The molecule has 1 aromatic rings. The van der Waals surface area contributed by atoms with Gasteiger partial charge < -0.3 is 14.8 Å². The van der Waals surface area contributed by atoms with Crippen LogP contribution in [0.1, 0.15) is 33.6 Å². The molecule has 2 rings (SSSR count). The molecule has 1 N–H and O–H groups in total. The monoisotopic (exact) mass is 236 g/mol. The lowest BCUT2D eigenvalue weighted by atomic mass is 10.2. The topological polar surface area (TPSA) is 43.4 Å². The number of hydrogen-bond acceptors (Lipinski definition) is 4. The Morgan fingerprint density at radius 3 is 2.53 bits per heavy atom. The molecule has 0 radical (unpaired) electrons. The predicted molar refractivity (Wildman–Crippen MR) is 67.8 cm³/mol. The third-order valence-electron chi connectivity index (χ3n) is 2.32. The van der Waals surface area contributed by atoms with Gasteiger partial charge in [0.2, 0.25) is 0 Å². The Balaban J connectivity index is 2.22. The van der Waals surface area contributed by atoms with Crippen molar-refractivity contribution < 1.29 is 9.47 Å². The lowest BCUT2D eigenvalue weighted by Crippen LogP contribution is -2.23. The highest BCUT2D eigenvalue weighted by atomic mass is 16.5. The fourth-order valence-electron chi connectivity index (χ4n) is 1.43. The van der Waals surface area contributed by atoms with Crippen LogP contribution in [0.2, 0.25) is 0 Å². The first kappa shape index (κ1) is 12.0. The Bertz CT molecular complexity index is 395. The third kappa shape index (κ3) is 3.51. The van der Waals surface area contributed by atoms with E-state index >= 15 is 0 Å². The maximum atomic E-state index is 5.85. The van der Waals surface area contributed by atoms with Crippen LogP contribution in [-0.4, -0.2) is 23.7 Å². The van der Waals surface area contributed by atoms with Gasteiger partial charge in [-0.3, -0.25) is 0 Å². The van der Waals surface area contributed by atoms with Crippen molar-refractivity contribution in [2.45, 2.75) is 45.3 Å². The highest BCUT2D eigenvalue weighted by molar-refractivity contribution is 5.48. The van der Waals surface area contributed by atoms with E-state index in [1.807, 2.05) is 33.9 Å². The van der Waals surface area contributed by atoms with Crippen molar-refractivity contribution in [3.63, 3.8) is 0 Å². The van der Waals surface area contributed by atoms with Crippen molar-refractivity contribution in [2.75, 3.05) is 12.4 Å². The van der Waals surface area contributed by atoms with Crippen molar-refractivity contribution >= 4 is 5.82 Å². The Labute approximate surface area is 102 Å². The molecule has 1 saturated carbocycles. The summed E-state index contributed by atoms with van der Waals surface area (Å²) in [5, 5.41) is 3.00. The van der Waals surface area contributed by atoms with Crippen molar-refractivity contribution in [1.29, 1.82) is 0 Å². The van der Waals surface area contributed by atoms with Crippen LogP contribution in [-0.2, 0) is 0 Å². The Hall–Kier alpha value is -1.45. The second kappa shape index (κ2) is 4.43. The molecule has 1 aliphatic rings. The number of pyridine rings is 1. The minimum Gasteiger partial charge on any atom is -0.486 e. The van der Waals surface area contributed by atoms with Crippen LogP contribution in [0.5, 0.6) is 11.5 Å². The van der Waals surface area contributed by atoms with E-state index in [1.165, 1.54) is 0 Å². The summed E-state index contributed by atoms with van der Waals surface area (Å²) >= 11 is 0. The molecule has 0 unspecified atom stereocenters. The zero-order chi connectivity index (χ0) is 12.5. The van der Waals surface area contributed by atoms with Gasteiger partial charge in [-0.15, -0.1) is 0 Å². The number of aromatic nitrogens is 1. The summed E-state index contributed by atoms with van der Waals surface area (Å²) in [6, 6.07) is 1.89. The van der Waals surface area contributed by atoms with Crippen molar-refractivity contribution in [1.82, 2.24) is 4.98 Å². The zero-order valence-corrected chi connectivity index (χ0v) is 10.9. The van der Waals surface area contributed by atoms with E-state index in [9.17, 15) is 0 Å². The van der Waals surface area contributed by atoms with E-state index in [4.69, 9.17) is 9.47 Å². The summed E-state index contributed by atoms with van der Waals surface area (Å²) in [5.41, 5.74) is -0.246. The van der Waals surface area contributed by atoms with Gasteiger partial charge >= 0.3 is 0 Å². The van der Waals surface area contributed by atoms with Crippen LogP contribution >= 0.6 is 0 Å². The molecule has 0 bridgehead atoms. The van der Waals surface area contributed by atoms with Gasteiger partial charge in [0, 0.05) is 13.1 Å². The molecule has 0 atom stereocenters. The van der Waals surface area contributed by atoms with Gasteiger partial charge in [0.25, 0.3) is 0 Å². The van der Waals surface area contributed by atoms with Crippen LogP contribution in [0.3, 0.4) is 0 Å². The van der Waals surface area contributed by atoms with Crippen LogP contribution in [0, 0.1) is 0 Å². The molecule has 1 fully saturated rings. The molecule has 1 aromatic heterocycles. The van der Waals surface area contributed by atoms with Gasteiger partial charge in [-0.05, 0) is 33.6 Å². The summed E-state index contributed by atoms with van der Waals surface area (Å²) in [4.78, 5) is 4.25. The number of hydrogen-bond donors (Lipinski definition) is 1. The summed E-state index contributed by atoms with van der Waals surface area (Å²) in [6.07, 6.45) is 4.33. The van der Waals surface area contributed by atoms with Crippen molar-refractivity contribution in [2.24, 2.45) is 0 Å². The van der Waals surface area contributed by atoms with Crippen molar-refractivity contribution in [3.05, 3.63) is 12.3 Å². The molecule has 1 heterocycles. The maximum Gasteiger partial charge on any atom is 0.180 e. The van der Waals surface area contributed by atoms with Gasteiger partial charge in [-0.25, -0.2) is 4.98 Å². The zero-order valence-electron chi connectivity index (χ0n) is 10.9. The van der Waals surface area contributed by atoms with E-state index in [0.717, 1.165) is 24.4 Å². The maximum absolute atomic E-state index is 5.85.